The molecule has 0 bridgehead atoms. The highest BCUT2D eigenvalue weighted by atomic mass is 35.5. The molecule has 2 N–H and O–H groups in total. The van der Waals surface area contributed by atoms with Gasteiger partial charge in [-0.1, -0.05) is 6.07 Å². The van der Waals surface area contributed by atoms with Crippen LogP contribution in [0, 0.1) is 6.92 Å². The molecule has 9 heteroatoms. The molecule has 0 radical (unpaired) electrons. The Morgan fingerprint density at radius 1 is 1.07 bits per heavy atom. The number of aryl methyl sites for hydroxylation is 1. The summed E-state index contributed by atoms with van der Waals surface area (Å²) in [6.07, 6.45) is 8.54. The van der Waals surface area contributed by atoms with Gasteiger partial charge in [-0.3, -0.25) is 4.98 Å². The lowest BCUT2D eigenvalue weighted by Crippen LogP contribution is -2.32. The van der Waals surface area contributed by atoms with Gasteiger partial charge in [0.1, 0.15) is 5.69 Å². The first kappa shape index (κ1) is 20.4. The van der Waals surface area contributed by atoms with Gasteiger partial charge in [-0.25, -0.2) is 15.0 Å². The second-order valence-electron chi connectivity index (χ2n) is 7.76. The van der Waals surface area contributed by atoms with Crippen molar-refractivity contribution in [1.29, 1.82) is 0 Å². The van der Waals surface area contributed by atoms with Gasteiger partial charge in [0.05, 0.1) is 11.7 Å². The Morgan fingerprint density at radius 2 is 1.87 bits per heavy atom. The number of piperidine rings is 1. The Morgan fingerprint density at radius 3 is 2.57 bits per heavy atom. The molecule has 1 saturated heterocycles. The molecule has 30 heavy (non-hydrogen) atoms. The minimum atomic E-state index is -0.121. The summed E-state index contributed by atoms with van der Waals surface area (Å²) in [5.41, 5.74) is 10.8. The molecule has 1 aliphatic rings. The topological polar surface area (TPSA) is 98.1 Å². The lowest BCUT2D eigenvalue weighted by Gasteiger charge is -2.28. The number of rotatable bonds is 3. The molecule has 0 amide bonds. The molecule has 0 saturated carbocycles. The van der Waals surface area contributed by atoms with E-state index in [1.54, 1.807) is 18.6 Å². The van der Waals surface area contributed by atoms with Crippen LogP contribution in [0.5, 0.6) is 0 Å². The lowest BCUT2D eigenvalue weighted by atomic mass is 10.0. The highest BCUT2D eigenvalue weighted by molar-refractivity contribution is 5.95. The fourth-order valence-corrected chi connectivity index (χ4v) is 4.04. The Bertz CT molecular complexity index is 1180. The quantitative estimate of drug-likeness (QED) is 0.537. The van der Waals surface area contributed by atoms with Gasteiger partial charge in [-0.2, -0.15) is 4.52 Å². The molecule has 1 aliphatic heterocycles. The van der Waals surface area contributed by atoms with E-state index in [1.807, 2.05) is 11.4 Å². The van der Waals surface area contributed by atoms with Crippen LogP contribution < -0.4 is 10.6 Å². The Kier molecular flexibility index (Phi) is 5.53. The van der Waals surface area contributed by atoms with Crippen LogP contribution in [0.4, 0.5) is 5.95 Å². The van der Waals surface area contributed by atoms with Gasteiger partial charge >= 0.3 is 0 Å². The van der Waals surface area contributed by atoms with E-state index in [1.165, 1.54) is 6.42 Å². The predicted molar refractivity (Wildman–Crippen MR) is 120 cm³/mol. The normalized spacial score (nSPS) is 15.4. The van der Waals surface area contributed by atoms with Gasteiger partial charge < -0.3 is 10.6 Å². The Hall–Kier alpha value is -2.84. The molecule has 3 aromatic heterocycles. The van der Waals surface area contributed by atoms with E-state index in [9.17, 15) is 0 Å². The van der Waals surface area contributed by atoms with Gasteiger partial charge in [-0.15, -0.1) is 17.5 Å². The zero-order valence-corrected chi connectivity index (χ0v) is 17.9. The van der Waals surface area contributed by atoms with E-state index >= 15 is 0 Å². The van der Waals surface area contributed by atoms with Crippen LogP contribution >= 0.6 is 12.4 Å². The van der Waals surface area contributed by atoms with E-state index in [4.69, 9.17) is 20.8 Å². The van der Waals surface area contributed by atoms with Crippen molar-refractivity contribution in [2.45, 2.75) is 39.2 Å². The molecule has 0 spiro atoms. The summed E-state index contributed by atoms with van der Waals surface area (Å²) in [6.45, 7) is 6.00. The maximum absolute atomic E-state index is 6.30. The number of anilines is 1. The molecule has 4 aromatic rings. The first-order valence-electron chi connectivity index (χ1n) is 10.1. The second kappa shape index (κ2) is 8.12. The Balaban J connectivity index is 0.00000218. The number of aromatic nitrogens is 6. The van der Waals surface area contributed by atoms with Crippen molar-refractivity contribution in [3.8, 4) is 11.5 Å². The number of hydrogen-bond acceptors (Lipinski definition) is 7. The molecule has 8 nitrogen and oxygen atoms in total. The van der Waals surface area contributed by atoms with Crippen molar-refractivity contribution in [1.82, 2.24) is 29.5 Å². The van der Waals surface area contributed by atoms with Crippen molar-refractivity contribution in [2.75, 3.05) is 18.0 Å². The second-order valence-corrected chi connectivity index (χ2v) is 7.76. The summed E-state index contributed by atoms with van der Waals surface area (Å²) in [7, 11) is 0. The summed E-state index contributed by atoms with van der Waals surface area (Å²) in [4.78, 5) is 20.8. The van der Waals surface area contributed by atoms with Crippen molar-refractivity contribution >= 4 is 34.9 Å². The minimum absolute atomic E-state index is 0. The molecule has 1 fully saturated rings. The molecule has 5 rings (SSSR count). The molecule has 156 valence electrons. The highest BCUT2D eigenvalue weighted by Crippen LogP contribution is 2.31. The third kappa shape index (κ3) is 3.46. The van der Waals surface area contributed by atoms with E-state index < -0.39 is 0 Å². The van der Waals surface area contributed by atoms with Crippen molar-refractivity contribution in [2.24, 2.45) is 5.73 Å². The minimum Gasteiger partial charge on any atom is -0.341 e. The zero-order valence-electron chi connectivity index (χ0n) is 17.1. The number of nitrogens with two attached hydrogens (primary N) is 1. The van der Waals surface area contributed by atoms with Crippen LogP contribution in [0.3, 0.4) is 0 Å². The maximum atomic E-state index is 6.30. The van der Waals surface area contributed by atoms with Crippen LogP contribution in [0.2, 0.25) is 0 Å². The monoisotopic (exact) mass is 424 g/mol. The van der Waals surface area contributed by atoms with Gasteiger partial charge in [0.25, 0.3) is 0 Å². The van der Waals surface area contributed by atoms with Crippen molar-refractivity contribution in [3.63, 3.8) is 0 Å². The van der Waals surface area contributed by atoms with E-state index in [0.29, 0.717) is 11.5 Å². The predicted octanol–water partition coefficient (Wildman–Crippen LogP) is 3.47. The number of benzene rings is 1. The molecule has 4 heterocycles. The molecular weight excluding hydrogens is 400 g/mol. The molecular formula is C21H25ClN8. The average molecular weight is 425 g/mol. The maximum Gasteiger partial charge on any atom is 0.229 e. The standard InChI is InChI=1S/C21H24N8.ClH/c1-13-10-15(14(2)22)18-16(11-13)20-26-19(17-12-23-6-7-24-17)27-29(20)21(25-18)28-8-4-3-5-9-28;/h6-7,10-12,14H,3-5,8-9,22H2,1-2H3;1H/t14-;/m1./s1. The third-order valence-electron chi connectivity index (χ3n) is 5.45. The van der Waals surface area contributed by atoms with Gasteiger partial charge in [0.2, 0.25) is 11.8 Å². The smallest absolute Gasteiger partial charge is 0.229 e. The molecule has 0 unspecified atom stereocenters. The highest BCUT2D eigenvalue weighted by Gasteiger charge is 2.22. The van der Waals surface area contributed by atoms with E-state index in [2.05, 4.69) is 33.9 Å². The molecule has 1 aromatic carbocycles. The Labute approximate surface area is 181 Å². The number of hydrogen-bond donors (Lipinski definition) is 1. The first-order chi connectivity index (χ1) is 14.1. The van der Waals surface area contributed by atoms with Crippen LogP contribution in [0.25, 0.3) is 28.1 Å². The third-order valence-corrected chi connectivity index (χ3v) is 5.45. The van der Waals surface area contributed by atoms with E-state index in [-0.39, 0.29) is 18.4 Å². The van der Waals surface area contributed by atoms with Crippen molar-refractivity contribution < 1.29 is 0 Å². The van der Waals surface area contributed by atoms with Gasteiger partial charge in [0, 0.05) is 36.9 Å². The van der Waals surface area contributed by atoms with Crippen LogP contribution in [0.1, 0.15) is 43.4 Å². The van der Waals surface area contributed by atoms with Gasteiger partial charge in [0.15, 0.2) is 5.65 Å². The summed E-state index contributed by atoms with van der Waals surface area (Å²) in [5.74, 6) is 1.37. The summed E-state index contributed by atoms with van der Waals surface area (Å²) < 4.78 is 1.86. The average Bonchev–Trinajstić information content (AvgIpc) is 3.20. The summed E-state index contributed by atoms with van der Waals surface area (Å²) in [5, 5.41) is 5.74. The van der Waals surface area contributed by atoms with Crippen LogP contribution in [0.15, 0.2) is 30.7 Å². The summed E-state index contributed by atoms with van der Waals surface area (Å²) in [6, 6.07) is 4.11. The zero-order chi connectivity index (χ0) is 20.0. The molecule has 1 atom stereocenters. The van der Waals surface area contributed by atoms with Crippen molar-refractivity contribution in [3.05, 3.63) is 41.9 Å². The first-order valence-corrected chi connectivity index (χ1v) is 10.1. The fraction of sp³-hybridized carbons (Fsp3) is 0.381. The van der Waals surface area contributed by atoms with Crippen LogP contribution in [-0.2, 0) is 0 Å². The van der Waals surface area contributed by atoms with Gasteiger partial charge in [-0.05, 0) is 50.3 Å². The van der Waals surface area contributed by atoms with E-state index in [0.717, 1.165) is 59.6 Å². The largest absolute Gasteiger partial charge is 0.341 e. The van der Waals surface area contributed by atoms with Crippen LogP contribution in [-0.4, -0.2) is 42.6 Å². The number of fused-ring (bicyclic) bond motifs is 3. The number of halogens is 1. The number of nitrogens with zero attached hydrogens (tertiary/aromatic N) is 7. The molecule has 0 aliphatic carbocycles. The lowest BCUT2D eigenvalue weighted by molar-refractivity contribution is 0.563. The SMILES string of the molecule is Cc1cc([C@@H](C)N)c2nc(N3CCCCC3)n3nc(-c4cnccn4)nc3c2c1.Cl. The summed E-state index contributed by atoms with van der Waals surface area (Å²) >= 11 is 0. The fourth-order valence-electron chi connectivity index (χ4n) is 4.04.